The lowest BCUT2D eigenvalue weighted by atomic mass is 10.2. The molecule has 7 heteroatoms. The number of amides is 1. The third-order valence-corrected chi connectivity index (χ3v) is 6.08. The first-order valence-corrected chi connectivity index (χ1v) is 11.0. The molecule has 0 bridgehead atoms. The van der Waals surface area contributed by atoms with Gasteiger partial charge in [0.15, 0.2) is 5.96 Å². The zero-order valence-corrected chi connectivity index (χ0v) is 17.9. The molecule has 1 saturated heterocycles. The molecule has 6 nitrogen and oxygen atoms in total. The first-order valence-electron chi connectivity index (χ1n) is 10.00. The molecular formula is C22H29N5OS. The maximum Gasteiger partial charge on any atom is 0.227 e. The standard InChI is InChI=1S/C22H29N5OS/c1-17-8-9-20(25-14-17)26-21(28)10-12-24-22(23-2)27-13-11-18(15-27)16-29-19-6-4-3-5-7-19/h3-9,14,18H,10-13,15-16H2,1-2H3,(H,23,24)(H,25,26,28). The molecule has 1 aromatic heterocycles. The number of nitrogens with zero attached hydrogens (tertiary/aromatic N) is 3. The van der Waals surface area contributed by atoms with E-state index in [0.717, 1.165) is 30.4 Å². The summed E-state index contributed by atoms with van der Waals surface area (Å²) >= 11 is 1.92. The molecule has 1 atom stereocenters. The number of nitrogens with one attached hydrogen (secondary N) is 2. The van der Waals surface area contributed by atoms with Gasteiger partial charge in [0.25, 0.3) is 0 Å². The van der Waals surface area contributed by atoms with E-state index in [4.69, 9.17) is 0 Å². The van der Waals surface area contributed by atoms with Crippen LogP contribution in [0.4, 0.5) is 5.82 Å². The number of guanidine groups is 1. The SMILES string of the molecule is CN=C(NCCC(=O)Nc1ccc(C)cn1)N1CCC(CSc2ccccc2)C1. The smallest absolute Gasteiger partial charge is 0.227 e. The third-order valence-electron chi connectivity index (χ3n) is 4.84. The van der Waals surface area contributed by atoms with E-state index in [0.29, 0.717) is 24.7 Å². The highest BCUT2D eigenvalue weighted by atomic mass is 32.2. The van der Waals surface area contributed by atoms with Crippen LogP contribution in [0.15, 0.2) is 58.5 Å². The van der Waals surface area contributed by atoms with Crippen molar-refractivity contribution in [3.05, 3.63) is 54.2 Å². The molecule has 1 fully saturated rings. The van der Waals surface area contributed by atoms with E-state index in [2.05, 4.69) is 55.8 Å². The van der Waals surface area contributed by atoms with Crippen molar-refractivity contribution >= 4 is 29.4 Å². The van der Waals surface area contributed by atoms with Gasteiger partial charge in [-0.25, -0.2) is 4.98 Å². The van der Waals surface area contributed by atoms with Gasteiger partial charge in [-0.05, 0) is 43.0 Å². The Morgan fingerprint density at radius 3 is 2.83 bits per heavy atom. The maximum absolute atomic E-state index is 12.1. The molecule has 1 unspecified atom stereocenters. The number of likely N-dealkylation sites (tertiary alicyclic amines) is 1. The van der Waals surface area contributed by atoms with Crippen LogP contribution in [0.3, 0.4) is 0 Å². The summed E-state index contributed by atoms with van der Waals surface area (Å²) in [5.41, 5.74) is 1.07. The Morgan fingerprint density at radius 1 is 1.28 bits per heavy atom. The van der Waals surface area contributed by atoms with Gasteiger partial charge < -0.3 is 15.5 Å². The largest absolute Gasteiger partial charge is 0.356 e. The molecule has 1 aliphatic rings. The Bertz CT molecular complexity index is 810. The summed E-state index contributed by atoms with van der Waals surface area (Å²) in [6.07, 6.45) is 3.28. The second-order valence-electron chi connectivity index (χ2n) is 7.22. The van der Waals surface area contributed by atoms with Crippen LogP contribution in [0.2, 0.25) is 0 Å². The van der Waals surface area contributed by atoms with Crippen molar-refractivity contribution in [1.29, 1.82) is 0 Å². The number of anilines is 1. The van der Waals surface area contributed by atoms with Crippen molar-refractivity contribution in [1.82, 2.24) is 15.2 Å². The molecule has 2 N–H and O–H groups in total. The number of benzene rings is 1. The quantitative estimate of drug-likeness (QED) is 0.415. The molecule has 2 aromatic rings. The topological polar surface area (TPSA) is 69.6 Å². The fourth-order valence-electron chi connectivity index (χ4n) is 3.26. The number of pyridine rings is 1. The van der Waals surface area contributed by atoms with Crippen LogP contribution in [0.5, 0.6) is 0 Å². The number of hydrogen-bond acceptors (Lipinski definition) is 4. The minimum absolute atomic E-state index is 0.0529. The predicted molar refractivity (Wildman–Crippen MR) is 120 cm³/mol. The molecule has 0 saturated carbocycles. The summed E-state index contributed by atoms with van der Waals surface area (Å²) in [5, 5.41) is 6.14. The van der Waals surface area contributed by atoms with Crippen LogP contribution >= 0.6 is 11.8 Å². The van der Waals surface area contributed by atoms with Crippen molar-refractivity contribution in [3.8, 4) is 0 Å². The molecule has 0 aliphatic carbocycles. The van der Waals surface area contributed by atoms with Crippen molar-refractivity contribution in [3.63, 3.8) is 0 Å². The molecule has 0 spiro atoms. The van der Waals surface area contributed by atoms with E-state index in [9.17, 15) is 4.79 Å². The van der Waals surface area contributed by atoms with Gasteiger partial charge in [0.05, 0.1) is 0 Å². The van der Waals surface area contributed by atoms with Gasteiger partial charge in [0.2, 0.25) is 5.91 Å². The van der Waals surface area contributed by atoms with Crippen molar-refractivity contribution in [2.75, 3.05) is 37.8 Å². The van der Waals surface area contributed by atoms with Gasteiger partial charge in [-0.3, -0.25) is 9.79 Å². The minimum atomic E-state index is -0.0529. The van der Waals surface area contributed by atoms with E-state index < -0.39 is 0 Å². The summed E-state index contributed by atoms with van der Waals surface area (Å²) in [4.78, 5) is 24.3. The number of hydrogen-bond donors (Lipinski definition) is 2. The minimum Gasteiger partial charge on any atom is -0.356 e. The molecule has 154 valence electrons. The van der Waals surface area contributed by atoms with Crippen LogP contribution in [0.1, 0.15) is 18.4 Å². The lowest BCUT2D eigenvalue weighted by Gasteiger charge is -2.21. The van der Waals surface area contributed by atoms with Crippen molar-refractivity contribution in [2.45, 2.75) is 24.7 Å². The first-order chi connectivity index (χ1) is 14.1. The Hall–Kier alpha value is -2.54. The highest BCUT2D eigenvalue weighted by Crippen LogP contribution is 2.25. The van der Waals surface area contributed by atoms with Gasteiger partial charge in [0.1, 0.15) is 5.82 Å². The normalized spacial score (nSPS) is 16.7. The Labute approximate surface area is 177 Å². The number of rotatable bonds is 7. The lowest BCUT2D eigenvalue weighted by Crippen LogP contribution is -2.41. The summed E-state index contributed by atoms with van der Waals surface area (Å²) in [5.74, 6) is 3.17. The Kier molecular flexibility index (Phi) is 7.93. The maximum atomic E-state index is 12.1. The van der Waals surface area contributed by atoms with Crippen LogP contribution in [-0.2, 0) is 4.79 Å². The summed E-state index contributed by atoms with van der Waals surface area (Å²) in [6.45, 7) is 4.51. The number of carbonyl (C=O) groups excluding carboxylic acids is 1. The highest BCUT2D eigenvalue weighted by Gasteiger charge is 2.24. The second kappa shape index (κ2) is 10.9. The van der Waals surface area contributed by atoms with Gasteiger partial charge in [-0.2, -0.15) is 0 Å². The average Bonchev–Trinajstić information content (AvgIpc) is 3.21. The molecular weight excluding hydrogens is 382 g/mol. The molecule has 3 rings (SSSR count). The average molecular weight is 412 g/mol. The molecule has 0 radical (unpaired) electrons. The van der Waals surface area contributed by atoms with Gasteiger partial charge in [-0.1, -0.05) is 24.3 Å². The number of aryl methyl sites for hydroxylation is 1. The van der Waals surface area contributed by atoms with Gasteiger partial charge in [-0.15, -0.1) is 11.8 Å². The van der Waals surface area contributed by atoms with E-state index in [-0.39, 0.29) is 5.91 Å². The van der Waals surface area contributed by atoms with E-state index in [1.54, 1.807) is 13.2 Å². The molecule has 1 aliphatic heterocycles. The number of thioether (sulfide) groups is 1. The third kappa shape index (κ3) is 6.78. The molecule has 1 amide bonds. The van der Waals surface area contributed by atoms with E-state index >= 15 is 0 Å². The number of aromatic nitrogens is 1. The second-order valence-corrected chi connectivity index (χ2v) is 8.31. The van der Waals surface area contributed by atoms with Crippen LogP contribution in [-0.4, -0.2) is 54.2 Å². The van der Waals surface area contributed by atoms with E-state index in [1.165, 1.54) is 11.3 Å². The highest BCUT2D eigenvalue weighted by molar-refractivity contribution is 7.99. The molecule has 2 heterocycles. The van der Waals surface area contributed by atoms with Gasteiger partial charge >= 0.3 is 0 Å². The van der Waals surface area contributed by atoms with Crippen LogP contribution < -0.4 is 10.6 Å². The van der Waals surface area contributed by atoms with Crippen molar-refractivity contribution in [2.24, 2.45) is 10.9 Å². The fourth-order valence-corrected chi connectivity index (χ4v) is 4.31. The summed E-state index contributed by atoms with van der Waals surface area (Å²) in [6, 6.07) is 14.3. The Balaban J connectivity index is 1.37. The van der Waals surface area contributed by atoms with Gasteiger partial charge in [0, 0.05) is 49.9 Å². The lowest BCUT2D eigenvalue weighted by molar-refractivity contribution is -0.116. The number of carbonyl (C=O) groups is 1. The van der Waals surface area contributed by atoms with E-state index in [1.807, 2.05) is 30.8 Å². The molecule has 29 heavy (non-hydrogen) atoms. The molecule has 1 aromatic carbocycles. The zero-order chi connectivity index (χ0) is 20.5. The van der Waals surface area contributed by atoms with Crippen LogP contribution in [0.25, 0.3) is 0 Å². The Morgan fingerprint density at radius 2 is 2.10 bits per heavy atom. The summed E-state index contributed by atoms with van der Waals surface area (Å²) in [7, 11) is 1.80. The monoisotopic (exact) mass is 411 g/mol. The zero-order valence-electron chi connectivity index (χ0n) is 17.1. The predicted octanol–water partition coefficient (Wildman–Crippen LogP) is 3.41. The van der Waals surface area contributed by atoms with Crippen molar-refractivity contribution < 1.29 is 4.79 Å². The fraction of sp³-hybridized carbons (Fsp3) is 0.409. The summed E-state index contributed by atoms with van der Waals surface area (Å²) < 4.78 is 0. The number of aliphatic imine (C=N–C) groups is 1. The van der Waals surface area contributed by atoms with Crippen LogP contribution in [0, 0.1) is 12.8 Å². The first kappa shape index (κ1) is 21.2.